The van der Waals surface area contributed by atoms with Gasteiger partial charge in [0, 0.05) is 25.2 Å². The largest absolute Gasteiger partial charge is 0.494 e. The topological polar surface area (TPSA) is 143 Å². The Morgan fingerprint density at radius 2 is 1.95 bits per heavy atom. The number of benzene rings is 1. The maximum absolute atomic E-state index is 13.1. The molecule has 0 unspecified atom stereocenters. The standard InChI is InChI=1S/C25H32N6O5S/c1-7-31-17(12-15(2)29-31)22(33)28-23-30(11-9-8-10-27-24(34)36-25(3,4)5)20-18(35-6)13-16(21(26)32)14-19(20)37-23/h8-9,12-14H,7,10-11H2,1-6H3,(H2,26,32)(H,27,34)/b9-8+,28-23?. The third-order valence-electron chi connectivity index (χ3n) is 5.08. The van der Waals surface area contributed by atoms with Gasteiger partial charge < -0.3 is 25.1 Å². The van der Waals surface area contributed by atoms with Crippen LogP contribution < -0.4 is 20.6 Å². The number of aromatic nitrogens is 3. The monoisotopic (exact) mass is 528 g/mol. The molecule has 0 aliphatic carbocycles. The molecular weight excluding hydrogens is 496 g/mol. The summed E-state index contributed by atoms with van der Waals surface area (Å²) in [6.45, 7) is 10.2. The van der Waals surface area contributed by atoms with Crippen LogP contribution in [0.25, 0.3) is 10.2 Å². The Kier molecular flexibility index (Phi) is 8.53. The van der Waals surface area contributed by atoms with Crippen LogP contribution in [0, 0.1) is 6.92 Å². The van der Waals surface area contributed by atoms with Gasteiger partial charge in [0.2, 0.25) is 5.91 Å². The quantitative estimate of drug-likeness (QED) is 0.430. The lowest BCUT2D eigenvalue weighted by Gasteiger charge is -2.19. The fraction of sp³-hybridized carbons (Fsp3) is 0.400. The predicted molar refractivity (Wildman–Crippen MR) is 141 cm³/mol. The van der Waals surface area contributed by atoms with Gasteiger partial charge in [-0.3, -0.25) is 14.3 Å². The minimum Gasteiger partial charge on any atom is -0.494 e. The van der Waals surface area contributed by atoms with E-state index in [1.807, 2.05) is 24.5 Å². The number of primary amides is 1. The van der Waals surface area contributed by atoms with Gasteiger partial charge in [-0.15, -0.1) is 0 Å². The number of hydrogen-bond donors (Lipinski definition) is 2. The van der Waals surface area contributed by atoms with Crippen LogP contribution in [0.1, 0.15) is 54.2 Å². The van der Waals surface area contributed by atoms with E-state index >= 15 is 0 Å². The lowest BCUT2D eigenvalue weighted by atomic mass is 10.2. The Labute approximate surface area is 218 Å². The predicted octanol–water partition coefficient (Wildman–Crippen LogP) is 3.16. The second-order valence-electron chi connectivity index (χ2n) is 9.14. The summed E-state index contributed by atoms with van der Waals surface area (Å²) in [7, 11) is 1.49. The molecule has 37 heavy (non-hydrogen) atoms. The molecule has 0 radical (unpaired) electrons. The summed E-state index contributed by atoms with van der Waals surface area (Å²) in [5.74, 6) is -0.608. The highest BCUT2D eigenvalue weighted by atomic mass is 32.1. The first-order valence-electron chi connectivity index (χ1n) is 11.7. The van der Waals surface area contributed by atoms with Crippen molar-refractivity contribution in [1.29, 1.82) is 0 Å². The van der Waals surface area contributed by atoms with E-state index in [2.05, 4.69) is 15.4 Å². The summed E-state index contributed by atoms with van der Waals surface area (Å²) in [5.41, 5.74) is 6.96. The Hall–Kier alpha value is -3.93. The first-order chi connectivity index (χ1) is 17.4. The summed E-state index contributed by atoms with van der Waals surface area (Å²) in [6.07, 6.45) is 3.08. The Bertz CT molecular complexity index is 1420. The van der Waals surface area contributed by atoms with Crippen molar-refractivity contribution < 1.29 is 23.9 Å². The van der Waals surface area contributed by atoms with Gasteiger partial charge in [-0.05, 0) is 52.8 Å². The summed E-state index contributed by atoms with van der Waals surface area (Å²) >= 11 is 1.24. The molecule has 2 aromatic heterocycles. The molecule has 3 N–H and O–H groups in total. The number of thiazole rings is 1. The van der Waals surface area contributed by atoms with Crippen molar-refractivity contribution in [1.82, 2.24) is 19.7 Å². The normalized spacial score (nSPS) is 12.3. The summed E-state index contributed by atoms with van der Waals surface area (Å²) in [4.78, 5) is 41.6. The van der Waals surface area contributed by atoms with Crippen LogP contribution in [0.15, 0.2) is 35.3 Å². The average molecular weight is 529 g/mol. The molecule has 0 spiro atoms. The van der Waals surface area contributed by atoms with Crippen LogP contribution in [-0.4, -0.2) is 51.5 Å². The van der Waals surface area contributed by atoms with Crippen molar-refractivity contribution in [3.8, 4) is 5.75 Å². The molecule has 0 saturated carbocycles. The molecule has 0 aliphatic rings. The van der Waals surface area contributed by atoms with Gasteiger partial charge in [0.05, 0.1) is 17.5 Å². The van der Waals surface area contributed by atoms with Crippen LogP contribution in [0.5, 0.6) is 5.75 Å². The van der Waals surface area contributed by atoms with Crippen molar-refractivity contribution in [2.45, 2.75) is 53.3 Å². The van der Waals surface area contributed by atoms with Gasteiger partial charge in [-0.25, -0.2) is 4.79 Å². The molecule has 12 heteroatoms. The SMILES string of the molecule is CCn1nc(C)cc1C(=O)N=c1sc2cc(C(N)=O)cc(OC)c2n1C/C=C/CNC(=O)OC(C)(C)C. The Morgan fingerprint density at radius 1 is 1.22 bits per heavy atom. The molecule has 2 heterocycles. The molecule has 0 bridgehead atoms. The summed E-state index contributed by atoms with van der Waals surface area (Å²) < 4.78 is 14.9. The van der Waals surface area contributed by atoms with Crippen LogP contribution in [-0.2, 0) is 17.8 Å². The van der Waals surface area contributed by atoms with E-state index in [0.29, 0.717) is 39.6 Å². The molecule has 11 nitrogen and oxygen atoms in total. The second kappa shape index (κ2) is 11.4. The average Bonchev–Trinajstić information content (AvgIpc) is 3.36. The van der Waals surface area contributed by atoms with Gasteiger partial charge in [0.25, 0.3) is 5.91 Å². The lowest BCUT2D eigenvalue weighted by molar-refractivity contribution is 0.0533. The van der Waals surface area contributed by atoms with Crippen LogP contribution in [0.4, 0.5) is 4.79 Å². The number of allylic oxidation sites excluding steroid dienone is 1. The van der Waals surface area contributed by atoms with E-state index in [1.54, 1.807) is 49.7 Å². The van der Waals surface area contributed by atoms with E-state index in [4.69, 9.17) is 15.2 Å². The first kappa shape index (κ1) is 27.7. The third-order valence-corrected chi connectivity index (χ3v) is 6.11. The minimum absolute atomic E-state index is 0.251. The smallest absolute Gasteiger partial charge is 0.407 e. The maximum Gasteiger partial charge on any atom is 0.407 e. The number of carbonyl (C=O) groups excluding carboxylic acids is 3. The molecule has 0 atom stereocenters. The van der Waals surface area contributed by atoms with Gasteiger partial charge >= 0.3 is 6.09 Å². The van der Waals surface area contributed by atoms with E-state index in [9.17, 15) is 14.4 Å². The fourth-order valence-corrected chi connectivity index (χ4v) is 4.64. The summed E-state index contributed by atoms with van der Waals surface area (Å²) in [6, 6.07) is 4.91. The van der Waals surface area contributed by atoms with E-state index in [0.717, 1.165) is 5.69 Å². The lowest BCUT2D eigenvalue weighted by Crippen LogP contribution is -2.32. The molecule has 198 valence electrons. The van der Waals surface area contributed by atoms with Crippen molar-refractivity contribution in [3.05, 3.63) is 52.1 Å². The first-order valence-corrected chi connectivity index (χ1v) is 12.5. The highest BCUT2D eigenvalue weighted by Gasteiger charge is 2.18. The zero-order valence-corrected chi connectivity index (χ0v) is 22.6. The van der Waals surface area contributed by atoms with Crippen molar-refractivity contribution in [2.24, 2.45) is 10.7 Å². The van der Waals surface area contributed by atoms with E-state index in [1.165, 1.54) is 18.4 Å². The molecule has 1 aromatic carbocycles. The maximum atomic E-state index is 13.1. The number of amides is 3. The number of nitrogens with zero attached hydrogens (tertiary/aromatic N) is 4. The number of methoxy groups -OCH3 is 1. The van der Waals surface area contributed by atoms with Crippen molar-refractivity contribution >= 4 is 39.5 Å². The molecule has 0 saturated heterocycles. The molecule has 3 aromatic rings. The number of nitrogens with one attached hydrogen (secondary N) is 1. The molecule has 0 fully saturated rings. The van der Waals surface area contributed by atoms with Crippen LogP contribution in [0.3, 0.4) is 0 Å². The summed E-state index contributed by atoms with van der Waals surface area (Å²) in [5, 5.41) is 6.99. The minimum atomic E-state index is -0.592. The van der Waals surface area contributed by atoms with Gasteiger partial charge in [0.1, 0.15) is 22.6 Å². The van der Waals surface area contributed by atoms with Gasteiger partial charge in [-0.2, -0.15) is 10.1 Å². The Balaban J connectivity index is 2.01. The number of alkyl carbamates (subject to hydrolysis) is 1. The number of nitrogens with two attached hydrogens (primary N) is 1. The molecule has 3 rings (SSSR count). The molecule has 3 amide bonds. The molecular formula is C25H32N6O5S. The van der Waals surface area contributed by atoms with Crippen LogP contribution in [0.2, 0.25) is 0 Å². The van der Waals surface area contributed by atoms with E-state index < -0.39 is 23.5 Å². The number of fused-ring (bicyclic) bond motifs is 1. The number of carbonyl (C=O) groups is 3. The fourth-order valence-electron chi connectivity index (χ4n) is 3.55. The van der Waals surface area contributed by atoms with Crippen molar-refractivity contribution in [2.75, 3.05) is 13.7 Å². The van der Waals surface area contributed by atoms with Crippen molar-refractivity contribution in [3.63, 3.8) is 0 Å². The van der Waals surface area contributed by atoms with Crippen LogP contribution >= 0.6 is 11.3 Å². The number of rotatable bonds is 8. The van der Waals surface area contributed by atoms with E-state index in [-0.39, 0.29) is 12.1 Å². The number of hydrogen-bond acceptors (Lipinski definition) is 7. The number of aryl methyl sites for hydroxylation is 2. The second-order valence-corrected chi connectivity index (χ2v) is 10.2. The highest BCUT2D eigenvalue weighted by molar-refractivity contribution is 7.16. The number of ether oxygens (including phenoxy) is 2. The zero-order chi connectivity index (χ0) is 27.3. The highest BCUT2D eigenvalue weighted by Crippen LogP contribution is 2.29. The Morgan fingerprint density at radius 3 is 2.57 bits per heavy atom. The van der Waals surface area contributed by atoms with Gasteiger partial charge in [0.15, 0.2) is 4.80 Å². The van der Waals surface area contributed by atoms with Gasteiger partial charge in [-0.1, -0.05) is 23.5 Å². The molecule has 0 aliphatic heterocycles. The zero-order valence-electron chi connectivity index (χ0n) is 21.8. The third kappa shape index (κ3) is 6.85.